The number of fused-ring (bicyclic) bond motifs is 3. The van der Waals surface area contributed by atoms with Gasteiger partial charge in [-0.05, 0) is 42.1 Å². The topological polar surface area (TPSA) is 47.8 Å². The zero-order valence-corrected chi connectivity index (χ0v) is 15.0. The van der Waals surface area contributed by atoms with Crippen LogP contribution in [0.5, 0.6) is 0 Å². The Balaban J connectivity index is 2.06. The second-order valence-electron chi connectivity index (χ2n) is 7.96. The summed E-state index contributed by atoms with van der Waals surface area (Å²) in [5, 5.41) is 9.28. The molecular formula is C17H25N3OS. The van der Waals surface area contributed by atoms with Gasteiger partial charge >= 0.3 is 0 Å². The molecule has 120 valence electrons. The van der Waals surface area contributed by atoms with Crippen molar-refractivity contribution >= 4 is 21.6 Å². The van der Waals surface area contributed by atoms with Crippen molar-refractivity contribution in [1.82, 2.24) is 15.0 Å². The fourth-order valence-corrected chi connectivity index (χ4v) is 4.57. The first-order valence-corrected chi connectivity index (χ1v) is 8.97. The van der Waals surface area contributed by atoms with Crippen LogP contribution in [0.25, 0.3) is 10.2 Å². The lowest BCUT2D eigenvalue weighted by atomic mass is 9.72. The van der Waals surface area contributed by atoms with Crippen molar-refractivity contribution in [3.63, 3.8) is 0 Å². The largest absolute Gasteiger partial charge is 0.278 e. The number of hydrogen-bond donors (Lipinski definition) is 0. The van der Waals surface area contributed by atoms with Crippen molar-refractivity contribution in [3.8, 4) is 0 Å². The molecule has 0 saturated carbocycles. The predicted molar refractivity (Wildman–Crippen MR) is 91.5 cm³/mol. The number of hydrogen-bond acceptors (Lipinski definition) is 4. The summed E-state index contributed by atoms with van der Waals surface area (Å²) in [6.45, 7) is 11.8. The van der Waals surface area contributed by atoms with E-state index in [1.54, 1.807) is 11.3 Å². The van der Waals surface area contributed by atoms with Gasteiger partial charge in [-0.3, -0.25) is 4.79 Å². The Morgan fingerprint density at radius 2 is 2.09 bits per heavy atom. The van der Waals surface area contributed by atoms with Crippen LogP contribution < -0.4 is 5.56 Å². The van der Waals surface area contributed by atoms with Gasteiger partial charge in [0.15, 0.2) is 4.83 Å². The molecule has 0 fully saturated rings. The highest BCUT2D eigenvalue weighted by atomic mass is 32.1. The first kappa shape index (κ1) is 15.7. The summed E-state index contributed by atoms with van der Waals surface area (Å²) in [5.41, 5.74) is 1.61. The van der Waals surface area contributed by atoms with Crippen LogP contribution in [0, 0.1) is 17.3 Å². The van der Waals surface area contributed by atoms with E-state index in [-0.39, 0.29) is 5.56 Å². The number of thiophene rings is 1. The summed E-state index contributed by atoms with van der Waals surface area (Å²) >= 11 is 1.67. The normalized spacial score (nSPS) is 18.9. The van der Waals surface area contributed by atoms with E-state index in [2.05, 4.69) is 44.9 Å². The minimum absolute atomic E-state index is 0.0467. The van der Waals surface area contributed by atoms with Gasteiger partial charge in [-0.25, -0.2) is 4.68 Å². The summed E-state index contributed by atoms with van der Waals surface area (Å²) in [4.78, 5) is 14.9. The van der Waals surface area contributed by atoms with Gasteiger partial charge in [0.25, 0.3) is 5.56 Å². The first-order valence-electron chi connectivity index (χ1n) is 8.15. The second-order valence-corrected chi connectivity index (χ2v) is 9.04. The molecule has 0 aromatic carbocycles. The van der Waals surface area contributed by atoms with Crippen molar-refractivity contribution in [2.75, 3.05) is 0 Å². The van der Waals surface area contributed by atoms with Crippen molar-refractivity contribution in [1.29, 1.82) is 0 Å². The monoisotopic (exact) mass is 319 g/mol. The van der Waals surface area contributed by atoms with Gasteiger partial charge in [0.05, 0.1) is 5.39 Å². The highest BCUT2D eigenvalue weighted by Crippen LogP contribution is 2.41. The van der Waals surface area contributed by atoms with Crippen molar-refractivity contribution < 1.29 is 0 Å². The Hall–Kier alpha value is -1.23. The van der Waals surface area contributed by atoms with Gasteiger partial charge in [0.2, 0.25) is 0 Å². The highest BCUT2D eigenvalue weighted by Gasteiger charge is 2.31. The van der Waals surface area contributed by atoms with Crippen molar-refractivity contribution in [2.24, 2.45) is 17.3 Å². The quantitative estimate of drug-likeness (QED) is 0.848. The molecule has 1 aliphatic carbocycles. The standard InChI is InChI=1S/C17H25N3OS/c1-10(2)9-20-16(21)14-12-7-6-11(17(3,4)5)8-13(12)22-15(14)18-19-20/h10-11H,6-9H2,1-5H3/t11-/m0/s1. The molecule has 0 aliphatic heterocycles. The lowest BCUT2D eigenvalue weighted by Gasteiger charge is -2.33. The molecule has 3 rings (SSSR count). The van der Waals surface area contributed by atoms with Crippen molar-refractivity contribution in [3.05, 3.63) is 20.8 Å². The number of aromatic nitrogens is 3. The molecule has 0 unspecified atom stereocenters. The molecule has 0 radical (unpaired) electrons. The molecule has 2 heterocycles. The lowest BCUT2D eigenvalue weighted by molar-refractivity contribution is 0.218. The van der Waals surface area contributed by atoms with E-state index in [9.17, 15) is 4.79 Å². The van der Waals surface area contributed by atoms with E-state index in [0.717, 1.165) is 29.5 Å². The van der Waals surface area contributed by atoms with Gasteiger partial charge < -0.3 is 0 Å². The molecule has 0 N–H and O–H groups in total. The fourth-order valence-electron chi connectivity index (χ4n) is 3.33. The minimum atomic E-state index is 0.0467. The summed E-state index contributed by atoms with van der Waals surface area (Å²) in [6, 6.07) is 0. The van der Waals surface area contributed by atoms with E-state index >= 15 is 0 Å². The Kier molecular flexibility index (Phi) is 3.87. The zero-order valence-electron chi connectivity index (χ0n) is 14.1. The van der Waals surface area contributed by atoms with E-state index in [4.69, 9.17) is 0 Å². The van der Waals surface area contributed by atoms with E-state index in [1.165, 1.54) is 15.1 Å². The van der Waals surface area contributed by atoms with Crippen LogP contribution in [0.1, 0.15) is 51.5 Å². The molecule has 0 bridgehead atoms. The maximum Gasteiger partial charge on any atom is 0.278 e. The smallest absolute Gasteiger partial charge is 0.267 e. The lowest BCUT2D eigenvalue weighted by Crippen LogP contribution is -2.28. The van der Waals surface area contributed by atoms with Crippen LogP contribution in [0.4, 0.5) is 0 Å². The molecule has 4 nitrogen and oxygen atoms in total. The molecule has 5 heteroatoms. The molecule has 2 aromatic heterocycles. The van der Waals surface area contributed by atoms with Crippen LogP contribution >= 0.6 is 11.3 Å². The molecule has 1 atom stereocenters. The average Bonchev–Trinajstić information content (AvgIpc) is 2.78. The van der Waals surface area contributed by atoms with Gasteiger partial charge in [-0.15, -0.1) is 16.4 Å². The van der Waals surface area contributed by atoms with Crippen LogP contribution in [0.3, 0.4) is 0 Å². The van der Waals surface area contributed by atoms with E-state index < -0.39 is 0 Å². The second kappa shape index (κ2) is 5.44. The van der Waals surface area contributed by atoms with Crippen LogP contribution in [0.15, 0.2) is 4.79 Å². The molecule has 0 saturated heterocycles. The maximum atomic E-state index is 12.7. The number of rotatable bonds is 2. The Labute approximate surface area is 135 Å². The van der Waals surface area contributed by atoms with Crippen LogP contribution in [-0.2, 0) is 19.4 Å². The van der Waals surface area contributed by atoms with Gasteiger partial charge in [-0.1, -0.05) is 39.8 Å². The third-order valence-electron chi connectivity index (χ3n) is 4.70. The van der Waals surface area contributed by atoms with Crippen LogP contribution in [-0.4, -0.2) is 15.0 Å². The zero-order chi connectivity index (χ0) is 16.1. The van der Waals surface area contributed by atoms with Gasteiger partial charge in [0.1, 0.15) is 0 Å². The fraction of sp³-hybridized carbons (Fsp3) is 0.706. The Morgan fingerprint density at radius 3 is 2.73 bits per heavy atom. The van der Waals surface area contributed by atoms with Crippen LogP contribution in [0.2, 0.25) is 0 Å². The number of nitrogens with zero attached hydrogens (tertiary/aromatic N) is 3. The molecule has 22 heavy (non-hydrogen) atoms. The highest BCUT2D eigenvalue weighted by molar-refractivity contribution is 7.18. The molecule has 2 aromatic rings. The van der Waals surface area contributed by atoms with Crippen molar-refractivity contribution in [2.45, 2.75) is 60.4 Å². The van der Waals surface area contributed by atoms with Gasteiger partial charge in [0, 0.05) is 11.4 Å². The molecular weight excluding hydrogens is 294 g/mol. The average molecular weight is 319 g/mol. The number of aryl methyl sites for hydroxylation is 1. The Morgan fingerprint density at radius 1 is 1.36 bits per heavy atom. The third kappa shape index (κ3) is 2.71. The summed E-state index contributed by atoms with van der Waals surface area (Å²) in [6.07, 6.45) is 3.23. The maximum absolute atomic E-state index is 12.7. The summed E-state index contributed by atoms with van der Waals surface area (Å²) in [7, 11) is 0. The first-order chi connectivity index (χ1) is 10.3. The Bertz CT molecular complexity index is 752. The molecule has 0 amide bonds. The predicted octanol–water partition coefficient (Wildman–Crippen LogP) is 3.66. The summed E-state index contributed by atoms with van der Waals surface area (Å²) in [5.74, 6) is 1.07. The van der Waals surface area contributed by atoms with E-state index in [1.807, 2.05) is 0 Å². The van der Waals surface area contributed by atoms with E-state index in [0.29, 0.717) is 23.8 Å². The summed E-state index contributed by atoms with van der Waals surface area (Å²) < 4.78 is 1.54. The molecule has 0 spiro atoms. The molecule has 1 aliphatic rings. The third-order valence-corrected chi connectivity index (χ3v) is 5.84. The van der Waals surface area contributed by atoms with Gasteiger partial charge in [-0.2, -0.15) is 0 Å². The SMILES string of the molecule is CC(C)Cn1nnc2sc3c(c2c1=O)CC[C@H](C(C)(C)C)C3. The minimum Gasteiger partial charge on any atom is -0.267 e.